The molecule has 9 nitrogen and oxygen atoms in total. The summed E-state index contributed by atoms with van der Waals surface area (Å²) in [7, 11) is -4.41. The van der Waals surface area contributed by atoms with Crippen LogP contribution < -0.4 is 5.73 Å². The van der Waals surface area contributed by atoms with Crippen molar-refractivity contribution in [3.63, 3.8) is 0 Å². The molecule has 0 saturated carbocycles. The van der Waals surface area contributed by atoms with Crippen molar-refractivity contribution < 1.29 is 37.6 Å². The van der Waals surface area contributed by atoms with Crippen LogP contribution in [0.1, 0.15) is 322 Å². The number of allylic oxidation sites excluding steroid dienone is 14. The lowest BCUT2D eigenvalue weighted by Crippen LogP contribution is -2.29. The highest BCUT2D eigenvalue weighted by atomic mass is 31.2. The first-order valence-corrected chi connectivity index (χ1v) is 35.6. The van der Waals surface area contributed by atoms with E-state index in [2.05, 4.69) is 86.8 Å². The normalized spacial score (nSPS) is 13.5. The van der Waals surface area contributed by atoms with Gasteiger partial charge in [-0.2, -0.15) is 0 Å². The molecule has 0 fully saturated rings. The molecule has 0 radical (unpaired) electrons. The van der Waals surface area contributed by atoms with Gasteiger partial charge in [0.25, 0.3) is 0 Å². The van der Waals surface area contributed by atoms with E-state index in [1.807, 2.05) is 12.2 Å². The molecule has 0 heterocycles. The summed E-state index contributed by atoms with van der Waals surface area (Å²) in [4.78, 5) is 35.2. The van der Waals surface area contributed by atoms with Crippen LogP contribution in [0.15, 0.2) is 85.1 Å². The van der Waals surface area contributed by atoms with Crippen molar-refractivity contribution in [3.05, 3.63) is 85.1 Å². The lowest BCUT2D eigenvalue weighted by Gasteiger charge is -2.19. The minimum atomic E-state index is -4.41. The Morgan fingerprint density at radius 2 is 0.704 bits per heavy atom. The number of esters is 2. The molecule has 0 spiro atoms. The zero-order chi connectivity index (χ0) is 58.7. The number of nitrogens with two attached hydrogens (primary N) is 1. The molecular weight excluding hydrogens is 1030 g/mol. The van der Waals surface area contributed by atoms with Gasteiger partial charge in [0.2, 0.25) is 0 Å². The van der Waals surface area contributed by atoms with Crippen molar-refractivity contribution in [2.24, 2.45) is 5.73 Å². The molecule has 0 aliphatic rings. The fraction of sp³-hybridized carbons (Fsp3) is 0.775. The minimum absolute atomic E-state index is 0.0395. The van der Waals surface area contributed by atoms with E-state index >= 15 is 0 Å². The Hall–Kier alpha value is -2.81. The van der Waals surface area contributed by atoms with E-state index in [4.69, 9.17) is 24.3 Å². The molecule has 0 saturated heterocycles. The summed E-state index contributed by atoms with van der Waals surface area (Å²) in [6.07, 6.45) is 88.7. The first-order valence-electron chi connectivity index (χ1n) is 34.1. The van der Waals surface area contributed by atoms with Gasteiger partial charge in [0, 0.05) is 19.4 Å². The maximum atomic E-state index is 12.7. The quantitative estimate of drug-likeness (QED) is 0.0264. The number of phosphoric ester groups is 1. The van der Waals surface area contributed by atoms with Gasteiger partial charge in [-0.3, -0.25) is 18.6 Å². The number of ether oxygens (including phenoxy) is 2. The third-order valence-corrected chi connectivity index (χ3v) is 15.8. The zero-order valence-electron chi connectivity index (χ0n) is 52.8. The number of unbranched alkanes of at least 4 members (excludes halogenated alkanes) is 37. The Morgan fingerprint density at radius 1 is 0.383 bits per heavy atom. The first-order chi connectivity index (χ1) is 39.8. The standard InChI is InChI=1S/C71H128NO8P/c1-3-5-7-9-11-13-15-17-19-21-23-24-25-26-27-28-29-30-31-32-33-34-35-36-37-38-39-40-41-42-43-44-46-47-49-51-53-55-57-59-61-63-70(73)77-67-69(68-79-81(75,76)78-66-65-72)80-71(74)64-62-60-58-56-54-52-50-48-45-22-20-18-16-14-12-10-8-6-4-2/h6,8,12,14,18,20-21,23,45,48,52,54,58,60,69H,3-5,7,9-11,13,15-17,19,22,24-44,46-47,49-51,53,55-57,59,61-68,72H2,1-2H3,(H,75,76)/b8-6-,14-12-,20-18-,23-21-,48-45-,54-52-,60-58-. The van der Waals surface area contributed by atoms with E-state index in [0.29, 0.717) is 6.42 Å². The van der Waals surface area contributed by atoms with Crippen LogP contribution in [0.5, 0.6) is 0 Å². The van der Waals surface area contributed by atoms with Gasteiger partial charge >= 0.3 is 19.8 Å². The van der Waals surface area contributed by atoms with Crippen LogP contribution in [-0.2, 0) is 32.7 Å². The number of carbonyl (C=O) groups excluding carboxylic acids is 2. The summed E-state index contributed by atoms with van der Waals surface area (Å²) in [6.45, 7) is 3.57. The topological polar surface area (TPSA) is 134 Å². The van der Waals surface area contributed by atoms with Crippen LogP contribution in [0.2, 0.25) is 0 Å². The Kier molecular flexibility index (Phi) is 64.0. The Bertz CT molecular complexity index is 1600. The summed E-state index contributed by atoms with van der Waals surface area (Å²) in [5.74, 6) is -0.919. The molecule has 10 heteroatoms. The molecule has 0 bridgehead atoms. The van der Waals surface area contributed by atoms with E-state index in [1.165, 1.54) is 231 Å². The molecule has 0 aliphatic carbocycles. The van der Waals surface area contributed by atoms with E-state index in [-0.39, 0.29) is 32.6 Å². The lowest BCUT2D eigenvalue weighted by molar-refractivity contribution is -0.161. The minimum Gasteiger partial charge on any atom is -0.462 e. The van der Waals surface area contributed by atoms with Gasteiger partial charge < -0.3 is 20.1 Å². The number of rotatable bonds is 64. The van der Waals surface area contributed by atoms with Crippen LogP contribution in [0, 0.1) is 0 Å². The van der Waals surface area contributed by atoms with E-state index in [1.54, 1.807) is 0 Å². The van der Waals surface area contributed by atoms with Gasteiger partial charge in [0.05, 0.1) is 13.2 Å². The van der Waals surface area contributed by atoms with Crippen LogP contribution in [0.4, 0.5) is 0 Å². The van der Waals surface area contributed by atoms with Gasteiger partial charge in [-0.05, 0) is 77.0 Å². The average molecular weight is 1150 g/mol. The van der Waals surface area contributed by atoms with Crippen molar-refractivity contribution in [2.45, 2.75) is 328 Å². The SMILES string of the molecule is CC/C=C\C/C=C\C/C=C\C/C=C\C/C=C\C/C=C\CCC(=O)OC(COC(=O)CCCCCCCCCCCCCCCCCCCCCCCCCCCCCCC/C=C\CCCCCCCCCC)COP(=O)(O)OCCN. The highest BCUT2D eigenvalue weighted by molar-refractivity contribution is 7.47. The molecule has 81 heavy (non-hydrogen) atoms. The highest BCUT2D eigenvalue weighted by Crippen LogP contribution is 2.43. The Labute approximate surface area is 500 Å². The highest BCUT2D eigenvalue weighted by Gasteiger charge is 2.26. The molecule has 0 amide bonds. The maximum absolute atomic E-state index is 12.7. The van der Waals surface area contributed by atoms with Gasteiger partial charge in [0.15, 0.2) is 6.10 Å². The fourth-order valence-corrected chi connectivity index (χ4v) is 10.5. The first kappa shape index (κ1) is 78.2. The second-order valence-electron chi connectivity index (χ2n) is 22.7. The lowest BCUT2D eigenvalue weighted by atomic mass is 10.0. The third kappa shape index (κ3) is 66.2. The predicted molar refractivity (Wildman–Crippen MR) is 349 cm³/mol. The summed E-state index contributed by atoms with van der Waals surface area (Å²) in [5.41, 5.74) is 5.38. The second kappa shape index (κ2) is 66.3. The molecule has 3 N–H and O–H groups in total. The molecule has 0 aromatic carbocycles. The molecular formula is C71H128NO8P. The van der Waals surface area contributed by atoms with E-state index < -0.39 is 32.5 Å². The summed E-state index contributed by atoms with van der Waals surface area (Å²) in [6, 6.07) is 0. The average Bonchev–Trinajstić information content (AvgIpc) is 3.46. The van der Waals surface area contributed by atoms with Crippen molar-refractivity contribution in [1.82, 2.24) is 0 Å². The largest absolute Gasteiger partial charge is 0.472 e. The fourth-order valence-electron chi connectivity index (χ4n) is 9.78. The smallest absolute Gasteiger partial charge is 0.462 e. The molecule has 2 atom stereocenters. The van der Waals surface area contributed by atoms with Gasteiger partial charge in [-0.1, -0.05) is 317 Å². The Morgan fingerprint density at radius 3 is 1.06 bits per heavy atom. The van der Waals surface area contributed by atoms with Crippen molar-refractivity contribution in [1.29, 1.82) is 0 Å². The number of hydrogen-bond donors (Lipinski definition) is 2. The molecule has 2 unspecified atom stereocenters. The van der Waals surface area contributed by atoms with Crippen LogP contribution >= 0.6 is 7.82 Å². The monoisotopic (exact) mass is 1150 g/mol. The summed E-state index contributed by atoms with van der Waals surface area (Å²) in [5, 5.41) is 0. The number of phosphoric acid groups is 1. The van der Waals surface area contributed by atoms with Gasteiger partial charge in [-0.15, -0.1) is 0 Å². The van der Waals surface area contributed by atoms with Crippen molar-refractivity contribution in [2.75, 3.05) is 26.4 Å². The molecule has 470 valence electrons. The second-order valence-corrected chi connectivity index (χ2v) is 24.1. The van der Waals surface area contributed by atoms with E-state index in [0.717, 1.165) is 57.8 Å². The molecule has 0 aromatic heterocycles. The molecule has 0 aliphatic heterocycles. The van der Waals surface area contributed by atoms with Crippen molar-refractivity contribution in [3.8, 4) is 0 Å². The predicted octanol–water partition coefficient (Wildman–Crippen LogP) is 22.2. The van der Waals surface area contributed by atoms with E-state index in [9.17, 15) is 19.0 Å². The zero-order valence-corrected chi connectivity index (χ0v) is 53.7. The van der Waals surface area contributed by atoms with Crippen LogP contribution in [0.25, 0.3) is 0 Å². The van der Waals surface area contributed by atoms with Crippen molar-refractivity contribution >= 4 is 19.8 Å². The third-order valence-electron chi connectivity index (χ3n) is 14.8. The van der Waals surface area contributed by atoms with Crippen LogP contribution in [-0.4, -0.2) is 49.3 Å². The van der Waals surface area contributed by atoms with Gasteiger partial charge in [-0.25, -0.2) is 4.57 Å². The molecule has 0 rings (SSSR count). The number of carbonyl (C=O) groups is 2. The maximum Gasteiger partial charge on any atom is 0.472 e. The van der Waals surface area contributed by atoms with Gasteiger partial charge in [0.1, 0.15) is 6.61 Å². The summed E-state index contributed by atoms with van der Waals surface area (Å²) >= 11 is 0. The molecule has 0 aromatic rings. The Balaban J connectivity index is 3.79. The van der Waals surface area contributed by atoms with Crippen LogP contribution in [0.3, 0.4) is 0 Å². The number of hydrogen-bond acceptors (Lipinski definition) is 8. The summed E-state index contributed by atoms with van der Waals surface area (Å²) < 4.78 is 33.0.